The van der Waals surface area contributed by atoms with Gasteiger partial charge in [0.15, 0.2) is 21.4 Å². The molecule has 3 saturated heterocycles. The molecule has 0 spiro atoms. The summed E-state index contributed by atoms with van der Waals surface area (Å²) < 4.78 is 55.3. The van der Waals surface area contributed by atoms with Gasteiger partial charge in [0.25, 0.3) is 0 Å². The third kappa shape index (κ3) is 3.99. The molecule has 3 aliphatic rings. The van der Waals surface area contributed by atoms with E-state index in [0.717, 1.165) is 0 Å². The van der Waals surface area contributed by atoms with Crippen molar-refractivity contribution in [1.82, 2.24) is 0 Å². The lowest BCUT2D eigenvalue weighted by molar-refractivity contribution is -0.206. The predicted octanol–water partition coefficient (Wildman–Crippen LogP) is 2.29. The van der Waals surface area contributed by atoms with Crippen LogP contribution in [0.2, 0.25) is 0 Å². The van der Waals surface area contributed by atoms with Crippen molar-refractivity contribution in [3.05, 3.63) is 30.3 Å². The van der Waals surface area contributed by atoms with E-state index in [0.29, 0.717) is 17.9 Å². The zero-order chi connectivity index (χ0) is 20.2. The van der Waals surface area contributed by atoms with Crippen LogP contribution in [0.1, 0.15) is 34.1 Å². The number of ether oxygens (including phenoxy) is 5. The summed E-state index contributed by atoms with van der Waals surface area (Å²) in [7, 11) is -3.39. The van der Waals surface area contributed by atoms with E-state index in [-0.39, 0.29) is 36.3 Å². The summed E-state index contributed by atoms with van der Waals surface area (Å²) in [6, 6.07) is 8.47. The second-order valence-corrected chi connectivity index (χ2v) is 10.6. The Labute approximate surface area is 166 Å². The van der Waals surface area contributed by atoms with E-state index in [9.17, 15) is 8.42 Å². The third-order valence-electron chi connectivity index (χ3n) is 5.36. The molecule has 0 aliphatic carbocycles. The van der Waals surface area contributed by atoms with Crippen molar-refractivity contribution < 1.29 is 32.1 Å². The van der Waals surface area contributed by atoms with E-state index in [1.54, 1.807) is 30.3 Å². The molecule has 7 nitrogen and oxygen atoms in total. The fourth-order valence-electron chi connectivity index (χ4n) is 4.14. The minimum absolute atomic E-state index is 0.0189. The van der Waals surface area contributed by atoms with Gasteiger partial charge in [0.1, 0.15) is 24.4 Å². The van der Waals surface area contributed by atoms with Crippen LogP contribution in [0.4, 0.5) is 0 Å². The Kier molecular flexibility index (Phi) is 5.09. The van der Waals surface area contributed by atoms with Crippen LogP contribution in [0.15, 0.2) is 35.2 Å². The van der Waals surface area contributed by atoms with Gasteiger partial charge in [-0.05, 0) is 46.2 Å². The molecule has 0 N–H and O–H groups in total. The molecule has 3 fully saturated rings. The number of benzene rings is 1. The van der Waals surface area contributed by atoms with E-state index in [1.165, 1.54) is 0 Å². The molecule has 5 atom stereocenters. The van der Waals surface area contributed by atoms with E-state index in [1.807, 2.05) is 27.7 Å². The zero-order valence-electron chi connectivity index (χ0n) is 16.7. The van der Waals surface area contributed by atoms with E-state index in [2.05, 4.69) is 0 Å². The first-order valence-electron chi connectivity index (χ1n) is 9.67. The molecule has 8 heteroatoms. The molecule has 0 unspecified atom stereocenters. The SMILES string of the molecule is CC1(C)O[C@H]2[C@@H](O1)[C@@H](CCS(=O)(=O)c1ccccc1)O[C@@H]2[C@H]1COC(C)(C)O1. The number of hydrogen-bond acceptors (Lipinski definition) is 7. The summed E-state index contributed by atoms with van der Waals surface area (Å²) in [5.41, 5.74) is 0. The lowest BCUT2D eigenvalue weighted by Crippen LogP contribution is -2.40. The summed E-state index contributed by atoms with van der Waals surface area (Å²) in [5.74, 6) is -1.44. The van der Waals surface area contributed by atoms with Crippen molar-refractivity contribution >= 4 is 9.84 Å². The quantitative estimate of drug-likeness (QED) is 0.734. The Bertz CT molecular complexity index is 805. The van der Waals surface area contributed by atoms with Gasteiger partial charge in [-0.15, -0.1) is 0 Å². The Morgan fingerprint density at radius 3 is 2.25 bits per heavy atom. The number of rotatable bonds is 5. The van der Waals surface area contributed by atoms with Gasteiger partial charge >= 0.3 is 0 Å². The molecule has 3 heterocycles. The minimum atomic E-state index is -3.39. The summed E-state index contributed by atoms with van der Waals surface area (Å²) in [5, 5.41) is 0. The summed E-state index contributed by atoms with van der Waals surface area (Å²) in [6.45, 7) is 7.84. The average molecular weight is 413 g/mol. The highest BCUT2D eigenvalue weighted by molar-refractivity contribution is 7.91. The van der Waals surface area contributed by atoms with Gasteiger partial charge in [0.2, 0.25) is 0 Å². The van der Waals surface area contributed by atoms with Gasteiger partial charge < -0.3 is 23.7 Å². The fraction of sp³-hybridized carbons (Fsp3) is 0.700. The molecular formula is C20H28O7S. The van der Waals surface area contributed by atoms with E-state index >= 15 is 0 Å². The maximum absolute atomic E-state index is 12.7. The van der Waals surface area contributed by atoms with Crippen molar-refractivity contribution in [1.29, 1.82) is 0 Å². The number of sulfone groups is 1. The Morgan fingerprint density at radius 1 is 0.929 bits per heavy atom. The molecule has 1 aromatic rings. The monoisotopic (exact) mass is 412 g/mol. The van der Waals surface area contributed by atoms with Gasteiger partial charge in [-0.25, -0.2) is 8.42 Å². The maximum atomic E-state index is 12.7. The summed E-state index contributed by atoms with van der Waals surface area (Å²) in [6.07, 6.45) is -1.36. The first-order valence-corrected chi connectivity index (χ1v) is 11.3. The van der Waals surface area contributed by atoms with Crippen LogP contribution in [0.25, 0.3) is 0 Å². The zero-order valence-corrected chi connectivity index (χ0v) is 17.5. The topological polar surface area (TPSA) is 80.3 Å². The molecule has 0 radical (unpaired) electrons. The van der Waals surface area contributed by atoms with Gasteiger partial charge in [0.05, 0.1) is 23.4 Å². The smallest absolute Gasteiger partial charge is 0.178 e. The standard InChI is InChI=1S/C20H28O7S/c1-19(2)23-12-15(25-19)16-18-17(26-20(3,4)27-18)14(24-16)10-11-28(21,22)13-8-6-5-7-9-13/h5-9,14-18H,10-12H2,1-4H3/t14-,15-,16-,17+,18-/m1/s1. The Morgan fingerprint density at radius 2 is 1.61 bits per heavy atom. The Hall–Kier alpha value is -1.03. The molecular weight excluding hydrogens is 384 g/mol. The molecule has 3 aliphatic heterocycles. The van der Waals surface area contributed by atoms with Crippen LogP contribution in [-0.4, -0.2) is 62.9 Å². The number of hydrogen-bond donors (Lipinski definition) is 0. The van der Waals surface area contributed by atoms with Crippen LogP contribution >= 0.6 is 0 Å². The van der Waals surface area contributed by atoms with Gasteiger partial charge in [-0.1, -0.05) is 18.2 Å². The first kappa shape index (κ1) is 20.3. The van der Waals surface area contributed by atoms with Crippen LogP contribution in [0.3, 0.4) is 0 Å². The highest BCUT2D eigenvalue weighted by Crippen LogP contribution is 2.43. The highest BCUT2D eigenvalue weighted by atomic mass is 32.2. The van der Waals surface area contributed by atoms with Gasteiger partial charge in [-0.3, -0.25) is 0 Å². The summed E-state index contributed by atoms with van der Waals surface area (Å²) >= 11 is 0. The van der Waals surface area contributed by atoms with Crippen LogP contribution < -0.4 is 0 Å². The largest absolute Gasteiger partial charge is 0.367 e. The minimum Gasteiger partial charge on any atom is -0.367 e. The third-order valence-corrected chi connectivity index (χ3v) is 7.12. The second kappa shape index (κ2) is 7.04. The first-order chi connectivity index (χ1) is 13.1. The van der Waals surface area contributed by atoms with E-state index < -0.39 is 21.4 Å². The van der Waals surface area contributed by atoms with Crippen molar-refractivity contribution in [2.24, 2.45) is 0 Å². The molecule has 0 aromatic heterocycles. The fourth-order valence-corrected chi connectivity index (χ4v) is 5.49. The lowest BCUT2D eigenvalue weighted by Gasteiger charge is -2.27. The molecule has 0 saturated carbocycles. The Balaban J connectivity index is 1.48. The molecule has 1 aromatic carbocycles. The van der Waals surface area contributed by atoms with Crippen molar-refractivity contribution in [2.45, 2.75) is 81.1 Å². The van der Waals surface area contributed by atoms with E-state index in [4.69, 9.17) is 23.7 Å². The van der Waals surface area contributed by atoms with Crippen molar-refractivity contribution in [3.8, 4) is 0 Å². The molecule has 4 rings (SSSR count). The highest BCUT2D eigenvalue weighted by Gasteiger charge is 2.58. The van der Waals surface area contributed by atoms with Crippen LogP contribution in [0, 0.1) is 0 Å². The predicted molar refractivity (Wildman–Crippen MR) is 101 cm³/mol. The van der Waals surface area contributed by atoms with Crippen LogP contribution in [-0.2, 0) is 33.5 Å². The molecule has 156 valence electrons. The molecule has 28 heavy (non-hydrogen) atoms. The average Bonchev–Trinajstić information content (AvgIpc) is 3.24. The normalized spacial score (nSPS) is 36.5. The summed E-state index contributed by atoms with van der Waals surface area (Å²) in [4.78, 5) is 0.319. The second-order valence-electron chi connectivity index (χ2n) is 8.49. The van der Waals surface area contributed by atoms with Crippen LogP contribution in [0.5, 0.6) is 0 Å². The van der Waals surface area contributed by atoms with Crippen molar-refractivity contribution in [3.63, 3.8) is 0 Å². The lowest BCUT2D eigenvalue weighted by atomic mass is 10.0. The molecule has 0 amide bonds. The number of fused-ring (bicyclic) bond motifs is 1. The van der Waals surface area contributed by atoms with Crippen molar-refractivity contribution in [2.75, 3.05) is 12.4 Å². The maximum Gasteiger partial charge on any atom is 0.178 e. The molecule has 0 bridgehead atoms. The van der Waals surface area contributed by atoms with Gasteiger partial charge in [-0.2, -0.15) is 0 Å². The van der Waals surface area contributed by atoms with Gasteiger partial charge in [0, 0.05) is 0 Å².